The van der Waals surface area contributed by atoms with Crippen LogP contribution in [0.5, 0.6) is 0 Å². The van der Waals surface area contributed by atoms with Crippen molar-refractivity contribution in [2.75, 3.05) is 39.6 Å². The van der Waals surface area contributed by atoms with Crippen LogP contribution in [0.25, 0.3) is 0 Å². The van der Waals surface area contributed by atoms with Crippen LogP contribution in [0, 0.1) is 0 Å². The molecule has 0 spiro atoms. The third kappa shape index (κ3) is 71.2. The summed E-state index contributed by atoms with van der Waals surface area (Å²) in [4.78, 5) is 72.9. The molecule has 0 saturated heterocycles. The Morgan fingerprint density at radius 3 is 0.857 bits per heavy atom. The van der Waals surface area contributed by atoms with Crippen LogP contribution in [0.3, 0.4) is 0 Å². The van der Waals surface area contributed by atoms with E-state index in [0.717, 1.165) is 148 Å². The number of rotatable bonds is 75. The fourth-order valence-electron chi connectivity index (χ4n) is 11.0. The Hall–Kier alpha value is -3.24. The van der Waals surface area contributed by atoms with Crippen LogP contribution in [0.2, 0.25) is 0 Å². The smallest absolute Gasteiger partial charge is 0.462 e. The molecule has 0 amide bonds. The molecule has 17 nitrogen and oxygen atoms in total. The SMILES string of the molecule is CC/C=C\C/C=C\C/C=C\C/C=C\CCCCCCCCC(=O)OCC(COP(=O)(O)OCC(O)COP(=O)(O)OCC(COC(=O)CCCCCCCCCCCCCCC)OC(=O)CCCCCCC/C=C\CCCC)OC(=O)CCCCCCCCCCCCCCCCC. The highest BCUT2D eigenvalue weighted by Crippen LogP contribution is 2.45. The lowest BCUT2D eigenvalue weighted by molar-refractivity contribution is -0.161. The van der Waals surface area contributed by atoms with Crippen LogP contribution in [-0.4, -0.2) is 96.7 Å². The van der Waals surface area contributed by atoms with Gasteiger partial charge >= 0.3 is 39.5 Å². The van der Waals surface area contributed by atoms with Crippen molar-refractivity contribution in [3.05, 3.63) is 60.8 Å². The molecule has 0 aliphatic carbocycles. The zero-order valence-corrected chi connectivity index (χ0v) is 64.3. The predicted octanol–water partition coefficient (Wildman–Crippen LogP) is 22.7. The second-order valence-electron chi connectivity index (χ2n) is 26.6. The molecule has 19 heteroatoms. The van der Waals surface area contributed by atoms with Gasteiger partial charge in [0.15, 0.2) is 12.2 Å². The minimum Gasteiger partial charge on any atom is -0.462 e. The number of phosphoric ester groups is 2. The molecule has 0 aromatic rings. The largest absolute Gasteiger partial charge is 0.472 e. The highest BCUT2D eigenvalue weighted by molar-refractivity contribution is 7.47. The van der Waals surface area contributed by atoms with E-state index in [1.165, 1.54) is 135 Å². The molecule has 0 saturated carbocycles. The average molecular weight is 1430 g/mol. The summed E-state index contributed by atoms with van der Waals surface area (Å²) < 4.78 is 68.5. The summed E-state index contributed by atoms with van der Waals surface area (Å²) in [6, 6.07) is 0. The zero-order chi connectivity index (χ0) is 71.8. The number of aliphatic hydroxyl groups excluding tert-OH is 1. The van der Waals surface area contributed by atoms with Crippen molar-refractivity contribution in [1.29, 1.82) is 0 Å². The number of carbonyl (C=O) groups is 4. The summed E-state index contributed by atoms with van der Waals surface area (Å²) >= 11 is 0. The van der Waals surface area contributed by atoms with Crippen molar-refractivity contribution >= 4 is 39.5 Å². The molecule has 0 bridgehead atoms. The minimum atomic E-state index is -4.97. The summed E-state index contributed by atoms with van der Waals surface area (Å²) in [6.45, 7) is 4.77. The molecule has 5 unspecified atom stereocenters. The molecule has 0 aromatic heterocycles. The third-order valence-corrected chi connectivity index (χ3v) is 18.9. The predicted molar refractivity (Wildman–Crippen MR) is 400 cm³/mol. The van der Waals surface area contributed by atoms with E-state index in [-0.39, 0.29) is 25.7 Å². The van der Waals surface area contributed by atoms with Gasteiger partial charge in [0.25, 0.3) is 0 Å². The maximum atomic E-state index is 13.1. The Morgan fingerprint density at radius 1 is 0.296 bits per heavy atom. The standard InChI is InChI=1S/C79H144O17P2/c1-5-9-13-17-21-25-29-32-34-35-36-37-39-41-45-48-52-56-60-64-77(82)90-70-75(96-79(84)66-62-58-54-50-46-42-38-33-30-26-22-18-14-10-6-2)72-94-98(87,88)92-68-73(80)67-91-97(85,86)93-71-74(95-78(83)65-61-57-53-49-43-28-24-20-16-12-8-4)69-89-76(81)63-59-55-51-47-44-40-31-27-23-19-15-11-7-3/h9,13,20-21,24-25,32,34,36-37,73-75,80H,5-8,10-12,14-19,22-23,26-31,33,35,38-72H2,1-4H3,(H,85,86)(H,87,88)/b13-9-,24-20-,25-21-,34-32-,37-36-. The number of allylic oxidation sites excluding steroid dienone is 10. The first-order valence-electron chi connectivity index (χ1n) is 39.5. The van der Waals surface area contributed by atoms with Crippen LogP contribution in [0.4, 0.5) is 0 Å². The average Bonchev–Trinajstić information content (AvgIpc) is 0.992. The number of hydrogen-bond donors (Lipinski definition) is 3. The van der Waals surface area contributed by atoms with Gasteiger partial charge in [-0.15, -0.1) is 0 Å². The van der Waals surface area contributed by atoms with Gasteiger partial charge in [-0.3, -0.25) is 37.3 Å². The molecule has 98 heavy (non-hydrogen) atoms. The Morgan fingerprint density at radius 2 is 0.541 bits per heavy atom. The van der Waals surface area contributed by atoms with Crippen LogP contribution >= 0.6 is 15.6 Å². The Labute approximate surface area is 597 Å². The van der Waals surface area contributed by atoms with E-state index in [1.807, 2.05) is 0 Å². The molecule has 0 aliphatic heterocycles. The zero-order valence-electron chi connectivity index (χ0n) is 62.5. The van der Waals surface area contributed by atoms with E-state index in [2.05, 4.69) is 88.5 Å². The minimum absolute atomic E-state index is 0.0902. The number of carbonyl (C=O) groups excluding carboxylic acids is 4. The summed E-state index contributed by atoms with van der Waals surface area (Å²) in [5.41, 5.74) is 0. The lowest BCUT2D eigenvalue weighted by Gasteiger charge is -2.21. The molecule has 0 aliphatic rings. The third-order valence-electron chi connectivity index (χ3n) is 17.0. The molecule has 572 valence electrons. The second kappa shape index (κ2) is 72.1. The Kier molecular flexibility index (Phi) is 69.7. The van der Waals surface area contributed by atoms with E-state index in [9.17, 15) is 43.2 Å². The number of unbranched alkanes of at least 4 members (excludes halogenated alkanes) is 39. The van der Waals surface area contributed by atoms with Gasteiger partial charge in [0, 0.05) is 25.7 Å². The molecule has 0 aromatic carbocycles. The molecule has 0 radical (unpaired) electrons. The Bertz CT molecular complexity index is 2100. The summed E-state index contributed by atoms with van der Waals surface area (Å²) in [7, 11) is -9.93. The number of hydrogen-bond acceptors (Lipinski definition) is 15. The summed E-state index contributed by atoms with van der Waals surface area (Å²) in [6.07, 6.45) is 70.6. The molecular formula is C79H144O17P2. The van der Waals surface area contributed by atoms with Crippen molar-refractivity contribution in [1.82, 2.24) is 0 Å². The van der Waals surface area contributed by atoms with Crippen LogP contribution in [0.15, 0.2) is 60.8 Å². The van der Waals surface area contributed by atoms with Gasteiger partial charge in [-0.1, -0.05) is 313 Å². The van der Waals surface area contributed by atoms with Crippen molar-refractivity contribution in [2.24, 2.45) is 0 Å². The van der Waals surface area contributed by atoms with E-state index in [1.54, 1.807) is 0 Å². The van der Waals surface area contributed by atoms with Gasteiger partial charge in [-0.25, -0.2) is 9.13 Å². The molecule has 3 N–H and O–H groups in total. The molecule has 0 heterocycles. The van der Waals surface area contributed by atoms with E-state index < -0.39 is 97.5 Å². The van der Waals surface area contributed by atoms with Crippen molar-refractivity contribution in [2.45, 2.75) is 380 Å². The van der Waals surface area contributed by atoms with Crippen molar-refractivity contribution < 1.29 is 80.2 Å². The topological polar surface area (TPSA) is 237 Å². The highest BCUT2D eigenvalue weighted by Gasteiger charge is 2.30. The summed E-state index contributed by atoms with van der Waals surface area (Å²) in [5, 5.41) is 10.6. The number of phosphoric acid groups is 2. The number of esters is 4. The molecule has 0 rings (SSSR count). The molecule has 0 fully saturated rings. The van der Waals surface area contributed by atoms with Gasteiger partial charge in [0.2, 0.25) is 0 Å². The van der Waals surface area contributed by atoms with Crippen LogP contribution < -0.4 is 0 Å². The number of aliphatic hydroxyl groups is 1. The normalized spacial score (nSPS) is 14.2. The first-order chi connectivity index (χ1) is 47.7. The van der Waals surface area contributed by atoms with Gasteiger partial charge in [-0.2, -0.15) is 0 Å². The van der Waals surface area contributed by atoms with Gasteiger partial charge < -0.3 is 33.8 Å². The van der Waals surface area contributed by atoms with Crippen LogP contribution in [-0.2, 0) is 65.4 Å². The maximum absolute atomic E-state index is 13.1. The number of ether oxygens (including phenoxy) is 4. The fraction of sp³-hybridized carbons (Fsp3) is 0.823. The van der Waals surface area contributed by atoms with Crippen molar-refractivity contribution in [3.8, 4) is 0 Å². The monoisotopic (exact) mass is 1430 g/mol. The summed E-state index contributed by atoms with van der Waals surface area (Å²) in [5.74, 6) is -2.16. The van der Waals surface area contributed by atoms with Gasteiger partial charge in [0.1, 0.15) is 19.3 Å². The highest BCUT2D eigenvalue weighted by atomic mass is 31.2. The first kappa shape index (κ1) is 94.8. The molecule has 5 atom stereocenters. The van der Waals surface area contributed by atoms with Gasteiger partial charge in [0.05, 0.1) is 26.4 Å². The lowest BCUT2D eigenvalue weighted by atomic mass is 10.0. The quantitative estimate of drug-likeness (QED) is 0.0169. The molecular weight excluding hydrogens is 1280 g/mol. The fourth-order valence-corrected chi connectivity index (χ4v) is 12.5. The maximum Gasteiger partial charge on any atom is 0.472 e. The van der Waals surface area contributed by atoms with E-state index in [0.29, 0.717) is 25.7 Å². The van der Waals surface area contributed by atoms with Crippen molar-refractivity contribution in [3.63, 3.8) is 0 Å². The van der Waals surface area contributed by atoms with Gasteiger partial charge in [-0.05, 0) is 83.5 Å². The van der Waals surface area contributed by atoms with E-state index in [4.69, 9.17) is 37.0 Å². The lowest BCUT2D eigenvalue weighted by Crippen LogP contribution is -2.30. The van der Waals surface area contributed by atoms with E-state index >= 15 is 0 Å². The van der Waals surface area contributed by atoms with Crippen LogP contribution in [0.1, 0.15) is 362 Å². The first-order valence-corrected chi connectivity index (χ1v) is 42.5. The second-order valence-corrected chi connectivity index (χ2v) is 29.5. The Balaban J connectivity index is 5.29.